The Morgan fingerprint density at radius 1 is 1.03 bits per heavy atom. The average molecular weight is 420 g/mol. The van der Waals surface area contributed by atoms with Gasteiger partial charge in [0.25, 0.3) is 0 Å². The molecule has 0 aliphatic carbocycles. The molecule has 0 fully saturated rings. The molecule has 29 heavy (non-hydrogen) atoms. The standard InChI is InChI=1S/C24H22FNOSSi/c1-13-14(2)27-22-20-18(25)12-26-21(24(20)28-23(13)22)16-10-15-8-6-7-9-17(15)19(11-16)29(3,4)5/h6-12H,1-5H3. The van der Waals surface area contributed by atoms with Crippen molar-refractivity contribution in [3.8, 4) is 11.3 Å². The number of benzene rings is 2. The second kappa shape index (κ2) is 6.25. The summed E-state index contributed by atoms with van der Waals surface area (Å²) in [5, 5.41) is 4.46. The largest absolute Gasteiger partial charge is 0.459 e. The highest BCUT2D eigenvalue weighted by molar-refractivity contribution is 7.26. The van der Waals surface area contributed by atoms with E-state index in [0.29, 0.717) is 11.0 Å². The molecule has 0 radical (unpaired) electrons. The Balaban J connectivity index is 1.88. The molecule has 0 saturated carbocycles. The second-order valence-corrected chi connectivity index (χ2v) is 14.8. The van der Waals surface area contributed by atoms with E-state index >= 15 is 0 Å². The Labute approximate surface area is 174 Å². The lowest BCUT2D eigenvalue weighted by molar-refractivity contribution is 0.574. The summed E-state index contributed by atoms with van der Waals surface area (Å²) < 4.78 is 22.6. The van der Waals surface area contributed by atoms with Crippen molar-refractivity contribution in [2.45, 2.75) is 33.5 Å². The fourth-order valence-electron chi connectivity index (χ4n) is 4.05. The molecule has 0 amide bonds. The maximum atomic E-state index is 14.8. The molecule has 5 heteroatoms. The first-order valence-corrected chi connectivity index (χ1v) is 14.1. The van der Waals surface area contributed by atoms with Crippen LogP contribution in [0, 0.1) is 19.7 Å². The van der Waals surface area contributed by atoms with Crippen LogP contribution in [0.15, 0.2) is 47.0 Å². The van der Waals surface area contributed by atoms with Crippen molar-refractivity contribution < 1.29 is 8.81 Å². The molecule has 0 N–H and O–H groups in total. The van der Waals surface area contributed by atoms with Crippen LogP contribution >= 0.6 is 11.3 Å². The Hall–Kier alpha value is -2.50. The molecule has 0 bridgehead atoms. The van der Waals surface area contributed by atoms with E-state index in [9.17, 15) is 4.39 Å². The summed E-state index contributed by atoms with van der Waals surface area (Å²) in [5.41, 5.74) is 3.60. The maximum Gasteiger partial charge on any atom is 0.156 e. The van der Waals surface area contributed by atoms with Gasteiger partial charge in [-0.25, -0.2) is 4.39 Å². The number of nitrogens with zero attached hydrogens (tertiary/aromatic N) is 1. The first kappa shape index (κ1) is 18.5. The number of hydrogen-bond donors (Lipinski definition) is 0. The van der Waals surface area contributed by atoms with Crippen LogP contribution < -0.4 is 5.19 Å². The van der Waals surface area contributed by atoms with Gasteiger partial charge in [-0.05, 0) is 30.7 Å². The van der Waals surface area contributed by atoms with E-state index in [0.717, 1.165) is 32.0 Å². The second-order valence-electron chi connectivity index (χ2n) is 8.70. The fraction of sp³-hybridized carbons (Fsp3) is 0.208. The number of aryl methyl sites for hydroxylation is 2. The zero-order valence-corrected chi connectivity index (χ0v) is 19.0. The number of furan rings is 1. The summed E-state index contributed by atoms with van der Waals surface area (Å²) in [5.74, 6) is 0.521. The van der Waals surface area contributed by atoms with Gasteiger partial charge in [-0.15, -0.1) is 11.3 Å². The van der Waals surface area contributed by atoms with Gasteiger partial charge in [0.05, 0.1) is 34.8 Å². The van der Waals surface area contributed by atoms with E-state index in [1.807, 2.05) is 13.8 Å². The van der Waals surface area contributed by atoms with Gasteiger partial charge in [-0.3, -0.25) is 4.98 Å². The van der Waals surface area contributed by atoms with Crippen molar-refractivity contribution in [3.05, 3.63) is 59.7 Å². The number of halogens is 1. The summed E-state index contributed by atoms with van der Waals surface area (Å²) >= 11 is 1.58. The highest BCUT2D eigenvalue weighted by atomic mass is 32.1. The van der Waals surface area contributed by atoms with E-state index in [4.69, 9.17) is 4.42 Å². The van der Waals surface area contributed by atoms with Crippen LogP contribution in [-0.2, 0) is 0 Å². The molecule has 3 aromatic heterocycles. The lowest BCUT2D eigenvalue weighted by Gasteiger charge is -2.21. The number of thiophene rings is 1. The Morgan fingerprint density at radius 3 is 2.55 bits per heavy atom. The maximum absolute atomic E-state index is 14.8. The summed E-state index contributed by atoms with van der Waals surface area (Å²) in [7, 11) is -1.59. The predicted molar refractivity (Wildman–Crippen MR) is 125 cm³/mol. The number of fused-ring (bicyclic) bond motifs is 4. The molecule has 2 aromatic carbocycles. The van der Waals surface area contributed by atoms with Crippen LogP contribution in [-0.4, -0.2) is 13.1 Å². The summed E-state index contributed by atoms with van der Waals surface area (Å²) in [6.07, 6.45) is 1.33. The number of hydrogen-bond acceptors (Lipinski definition) is 3. The van der Waals surface area contributed by atoms with Gasteiger partial charge in [0, 0.05) is 11.1 Å². The van der Waals surface area contributed by atoms with Crippen LogP contribution in [0.3, 0.4) is 0 Å². The monoisotopic (exact) mass is 419 g/mol. The first-order chi connectivity index (χ1) is 13.8. The molecule has 5 aromatic rings. The third-order valence-corrected chi connectivity index (χ3v) is 9.02. The zero-order valence-electron chi connectivity index (χ0n) is 17.2. The quantitative estimate of drug-likeness (QED) is 0.284. The molecule has 2 nitrogen and oxygen atoms in total. The van der Waals surface area contributed by atoms with Crippen molar-refractivity contribution in [2.75, 3.05) is 0 Å². The Kier molecular flexibility index (Phi) is 3.99. The minimum absolute atomic E-state index is 0.324. The van der Waals surface area contributed by atoms with Crippen molar-refractivity contribution in [1.82, 2.24) is 4.98 Å². The molecule has 0 aliphatic heterocycles. The SMILES string of the molecule is Cc1oc2c(sc3c(-c4cc([Si](C)(C)C)c5ccccc5c4)ncc(F)c32)c1C. The van der Waals surface area contributed by atoms with Gasteiger partial charge >= 0.3 is 0 Å². The van der Waals surface area contributed by atoms with Crippen molar-refractivity contribution in [3.63, 3.8) is 0 Å². The number of aromatic nitrogens is 1. The average Bonchev–Trinajstić information content (AvgIpc) is 3.18. The number of rotatable bonds is 2. The molecule has 0 atom stereocenters. The van der Waals surface area contributed by atoms with Crippen LogP contribution in [0.25, 0.3) is 42.4 Å². The molecule has 3 heterocycles. The minimum atomic E-state index is -1.59. The highest BCUT2D eigenvalue weighted by Crippen LogP contribution is 2.43. The molecular formula is C24H22FNOSSi. The lowest BCUT2D eigenvalue weighted by Crippen LogP contribution is -2.38. The minimum Gasteiger partial charge on any atom is -0.459 e. The summed E-state index contributed by atoms with van der Waals surface area (Å²) in [6.45, 7) is 11.0. The van der Waals surface area contributed by atoms with Gasteiger partial charge in [-0.1, -0.05) is 55.2 Å². The third kappa shape index (κ3) is 2.75. The summed E-state index contributed by atoms with van der Waals surface area (Å²) in [6, 6.07) is 13.0. The van der Waals surface area contributed by atoms with Gasteiger partial charge < -0.3 is 4.42 Å². The van der Waals surface area contributed by atoms with E-state index in [1.54, 1.807) is 11.3 Å². The van der Waals surface area contributed by atoms with Gasteiger partial charge in [0.1, 0.15) is 5.76 Å². The molecule has 0 spiro atoms. The third-order valence-electron chi connectivity index (χ3n) is 5.69. The van der Waals surface area contributed by atoms with Crippen LogP contribution in [0.5, 0.6) is 0 Å². The lowest BCUT2D eigenvalue weighted by atomic mass is 10.0. The van der Waals surface area contributed by atoms with Gasteiger partial charge in [0.15, 0.2) is 11.4 Å². The highest BCUT2D eigenvalue weighted by Gasteiger charge is 2.24. The van der Waals surface area contributed by atoms with Gasteiger partial charge in [-0.2, -0.15) is 0 Å². The van der Waals surface area contributed by atoms with Crippen molar-refractivity contribution in [1.29, 1.82) is 0 Å². The number of pyridine rings is 1. The van der Waals surface area contributed by atoms with Crippen LogP contribution in [0.1, 0.15) is 11.3 Å². The van der Waals surface area contributed by atoms with Crippen LogP contribution in [0.4, 0.5) is 4.39 Å². The normalized spacial score (nSPS) is 12.5. The van der Waals surface area contributed by atoms with E-state index < -0.39 is 8.07 Å². The molecule has 0 aliphatic rings. The Bertz CT molecular complexity index is 1420. The topological polar surface area (TPSA) is 26.0 Å². The van der Waals surface area contributed by atoms with E-state index in [2.05, 4.69) is 61.0 Å². The first-order valence-electron chi connectivity index (χ1n) is 9.76. The Morgan fingerprint density at radius 2 is 1.79 bits per heavy atom. The zero-order chi connectivity index (χ0) is 20.5. The van der Waals surface area contributed by atoms with Gasteiger partial charge in [0.2, 0.25) is 0 Å². The molecule has 0 unspecified atom stereocenters. The smallest absolute Gasteiger partial charge is 0.156 e. The fourth-order valence-corrected chi connectivity index (χ4v) is 6.97. The van der Waals surface area contributed by atoms with Crippen molar-refractivity contribution >= 4 is 55.7 Å². The molecule has 146 valence electrons. The molecule has 0 saturated heterocycles. The molecule has 5 rings (SSSR count). The van der Waals surface area contributed by atoms with E-state index in [1.165, 1.54) is 22.2 Å². The predicted octanol–water partition coefficient (Wildman–Crippen LogP) is 7.16. The van der Waals surface area contributed by atoms with E-state index in [-0.39, 0.29) is 5.82 Å². The molecular weight excluding hydrogens is 397 g/mol. The van der Waals surface area contributed by atoms with Crippen molar-refractivity contribution in [2.24, 2.45) is 0 Å². The summed E-state index contributed by atoms with van der Waals surface area (Å²) in [4.78, 5) is 4.54. The van der Waals surface area contributed by atoms with Crippen LogP contribution in [0.2, 0.25) is 19.6 Å².